The minimum absolute atomic E-state index is 0.0563. The number of amidine groups is 1. The third kappa shape index (κ3) is 3.35. The van der Waals surface area contributed by atoms with E-state index in [0.29, 0.717) is 0 Å². The molecule has 1 amide bonds. The van der Waals surface area contributed by atoms with Gasteiger partial charge in [0.2, 0.25) is 5.91 Å². The van der Waals surface area contributed by atoms with Crippen molar-refractivity contribution in [3.05, 3.63) is 0 Å². The highest BCUT2D eigenvalue weighted by molar-refractivity contribution is 6.05. The monoisotopic (exact) mass is 241 g/mol. The second kappa shape index (κ2) is 5.38. The van der Waals surface area contributed by atoms with E-state index in [9.17, 15) is 4.79 Å². The lowest BCUT2D eigenvalue weighted by molar-refractivity contribution is -0.127. The number of amides is 1. The number of oxime groups is 1. The van der Waals surface area contributed by atoms with Crippen LogP contribution < -0.4 is 11.1 Å². The highest BCUT2D eigenvalue weighted by Gasteiger charge is 2.34. The lowest BCUT2D eigenvalue weighted by atomic mass is 9.85. The summed E-state index contributed by atoms with van der Waals surface area (Å²) < 4.78 is 0. The zero-order chi connectivity index (χ0) is 13.1. The highest BCUT2D eigenvalue weighted by atomic mass is 16.4. The number of carbonyl (C=O) groups is 1. The van der Waals surface area contributed by atoms with Gasteiger partial charge in [-0.1, -0.05) is 12.1 Å². The van der Waals surface area contributed by atoms with Gasteiger partial charge < -0.3 is 16.3 Å². The van der Waals surface area contributed by atoms with Gasteiger partial charge in [0.25, 0.3) is 0 Å². The lowest BCUT2D eigenvalue weighted by Gasteiger charge is -2.30. The number of nitrogens with one attached hydrogen (secondary N) is 1. The Morgan fingerprint density at radius 1 is 1.35 bits per heavy atom. The van der Waals surface area contributed by atoms with Gasteiger partial charge >= 0.3 is 0 Å². The van der Waals surface area contributed by atoms with Crippen molar-refractivity contribution in [3.8, 4) is 0 Å². The summed E-state index contributed by atoms with van der Waals surface area (Å²) in [6, 6.07) is 0.226. The van der Waals surface area contributed by atoms with Crippen LogP contribution in [0.15, 0.2) is 5.16 Å². The van der Waals surface area contributed by atoms with Crippen molar-refractivity contribution in [2.24, 2.45) is 22.2 Å². The summed E-state index contributed by atoms with van der Waals surface area (Å²) in [4.78, 5) is 12.0. The number of hydrogen-bond donors (Lipinski definition) is 3. The third-order valence-electron chi connectivity index (χ3n) is 3.67. The molecule has 17 heavy (non-hydrogen) atoms. The van der Waals surface area contributed by atoms with E-state index in [1.54, 1.807) is 13.8 Å². The van der Waals surface area contributed by atoms with E-state index in [1.165, 1.54) is 0 Å². The molecule has 0 atom stereocenters. The van der Waals surface area contributed by atoms with Crippen LogP contribution in [-0.2, 0) is 4.79 Å². The molecule has 5 heteroatoms. The first-order valence-electron chi connectivity index (χ1n) is 6.17. The standard InChI is InChI=1S/C12H23N3O2/c1-8-4-6-9(7-5-8)14-11(16)12(2,3)10(13)15-17/h8-9,17H,4-7H2,1-3H3,(H2,13,15)(H,14,16). The largest absolute Gasteiger partial charge is 0.409 e. The van der Waals surface area contributed by atoms with Crippen molar-refractivity contribution < 1.29 is 10.0 Å². The van der Waals surface area contributed by atoms with Crippen LogP contribution in [0.1, 0.15) is 46.5 Å². The summed E-state index contributed by atoms with van der Waals surface area (Å²) in [6.45, 7) is 5.55. The maximum Gasteiger partial charge on any atom is 0.233 e. The Balaban J connectivity index is 2.54. The fourth-order valence-electron chi connectivity index (χ4n) is 2.01. The van der Waals surface area contributed by atoms with Gasteiger partial charge in [0.15, 0.2) is 5.84 Å². The molecule has 1 fully saturated rings. The molecular formula is C12H23N3O2. The number of hydrogen-bond acceptors (Lipinski definition) is 3. The van der Waals surface area contributed by atoms with Crippen LogP contribution in [0.2, 0.25) is 0 Å². The average molecular weight is 241 g/mol. The van der Waals surface area contributed by atoms with E-state index in [1.807, 2.05) is 0 Å². The first-order chi connectivity index (χ1) is 7.87. The van der Waals surface area contributed by atoms with E-state index >= 15 is 0 Å². The summed E-state index contributed by atoms with van der Waals surface area (Å²) in [5, 5.41) is 14.5. The van der Waals surface area contributed by atoms with Gasteiger partial charge in [-0.25, -0.2) is 0 Å². The van der Waals surface area contributed by atoms with Gasteiger partial charge in [-0.2, -0.15) is 0 Å². The molecule has 0 saturated heterocycles. The van der Waals surface area contributed by atoms with Gasteiger partial charge in [0, 0.05) is 6.04 Å². The summed E-state index contributed by atoms with van der Waals surface area (Å²) in [5.74, 6) is 0.520. The van der Waals surface area contributed by atoms with E-state index in [0.717, 1.165) is 31.6 Å². The molecule has 0 unspecified atom stereocenters. The fraction of sp³-hybridized carbons (Fsp3) is 0.833. The van der Waals surface area contributed by atoms with Crippen molar-refractivity contribution in [1.82, 2.24) is 5.32 Å². The van der Waals surface area contributed by atoms with Crippen LogP contribution in [0.3, 0.4) is 0 Å². The van der Waals surface area contributed by atoms with Crippen molar-refractivity contribution in [2.75, 3.05) is 0 Å². The molecule has 1 aliphatic carbocycles. The first-order valence-corrected chi connectivity index (χ1v) is 6.17. The summed E-state index contributed by atoms with van der Waals surface area (Å²) in [6.07, 6.45) is 4.32. The normalized spacial score (nSPS) is 26.6. The summed E-state index contributed by atoms with van der Waals surface area (Å²) in [7, 11) is 0. The summed E-state index contributed by atoms with van der Waals surface area (Å²) >= 11 is 0. The Morgan fingerprint density at radius 3 is 2.35 bits per heavy atom. The van der Waals surface area contributed by atoms with Crippen LogP contribution in [0.25, 0.3) is 0 Å². The molecule has 0 aromatic heterocycles. The van der Waals surface area contributed by atoms with Gasteiger partial charge in [-0.3, -0.25) is 4.79 Å². The SMILES string of the molecule is CC1CCC(NC(=O)C(C)(C)C(N)=NO)CC1. The fourth-order valence-corrected chi connectivity index (χ4v) is 2.01. The Morgan fingerprint density at radius 2 is 1.88 bits per heavy atom. The predicted molar refractivity (Wildman–Crippen MR) is 66.8 cm³/mol. The summed E-state index contributed by atoms with van der Waals surface area (Å²) in [5.41, 5.74) is 4.56. The number of nitrogens with two attached hydrogens (primary N) is 1. The van der Waals surface area contributed by atoms with E-state index in [-0.39, 0.29) is 17.8 Å². The molecule has 5 nitrogen and oxygen atoms in total. The second-order valence-electron chi connectivity index (χ2n) is 5.54. The van der Waals surface area contributed by atoms with Crippen LogP contribution in [0.5, 0.6) is 0 Å². The van der Waals surface area contributed by atoms with E-state index in [4.69, 9.17) is 10.9 Å². The molecule has 0 spiro atoms. The second-order valence-corrected chi connectivity index (χ2v) is 5.54. The molecule has 0 bridgehead atoms. The van der Waals surface area contributed by atoms with Crippen LogP contribution >= 0.6 is 0 Å². The Kier molecular flexibility index (Phi) is 4.37. The first kappa shape index (κ1) is 13.8. The maximum absolute atomic E-state index is 12.0. The molecule has 1 saturated carbocycles. The van der Waals surface area contributed by atoms with Crippen LogP contribution in [0.4, 0.5) is 0 Å². The Hall–Kier alpha value is -1.26. The van der Waals surface area contributed by atoms with Crippen molar-refractivity contribution in [3.63, 3.8) is 0 Å². The molecule has 0 aromatic rings. The Labute approximate surface area is 102 Å². The minimum Gasteiger partial charge on any atom is -0.409 e. The van der Waals surface area contributed by atoms with Gasteiger partial charge in [-0.15, -0.1) is 0 Å². The van der Waals surface area contributed by atoms with Gasteiger partial charge in [0.1, 0.15) is 5.41 Å². The topological polar surface area (TPSA) is 87.7 Å². The maximum atomic E-state index is 12.0. The zero-order valence-corrected chi connectivity index (χ0v) is 10.9. The lowest BCUT2D eigenvalue weighted by Crippen LogP contribution is -2.49. The van der Waals surface area contributed by atoms with Crippen molar-refractivity contribution >= 4 is 11.7 Å². The van der Waals surface area contributed by atoms with E-state index in [2.05, 4.69) is 17.4 Å². The molecule has 4 N–H and O–H groups in total. The highest BCUT2D eigenvalue weighted by Crippen LogP contribution is 2.24. The van der Waals surface area contributed by atoms with Gasteiger partial charge in [0.05, 0.1) is 0 Å². The predicted octanol–water partition coefficient (Wildman–Crippen LogP) is 1.45. The smallest absolute Gasteiger partial charge is 0.233 e. The van der Waals surface area contributed by atoms with Crippen molar-refractivity contribution in [2.45, 2.75) is 52.5 Å². The minimum atomic E-state index is -0.961. The number of rotatable bonds is 3. The van der Waals surface area contributed by atoms with Crippen molar-refractivity contribution in [1.29, 1.82) is 0 Å². The molecule has 0 aromatic carbocycles. The Bertz CT molecular complexity index is 305. The quantitative estimate of drug-likeness (QED) is 0.302. The number of nitrogens with zero attached hydrogens (tertiary/aromatic N) is 1. The molecule has 0 aliphatic heterocycles. The third-order valence-corrected chi connectivity index (χ3v) is 3.67. The van der Waals surface area contributed by atoms with Crippen LogP contribution in [-0.4, -0.2) is 23.0 Å². The van der Waals surface area contributed by atoms with Gasteiger partial charge in [-0.05, 0) is 45.4 Å². The zero-order valence-electron chi connectivity index (χ0n) is 10.9. The van der Waals surface area contributed by atoms with Crippen LogP contribution in [0, 0.1) is 11.3 Å². The molecule has 0 heterocycles. The number of carbonyl (C=O) groups excluding carboxylic acids is 1. The van der Waals surface area contributed by atoms with E-state index < -0.39 is 5.41 Å². The molecule has 1 aliphatic rings. The molecular weight excluding hydrogens is 218 g/mol. The molecule has 1 rings (SSSR count). The average Bonchev–Trinajstić information content (AvgIpc) is 2.30. The molecule has 98 valence electrons. The molecule has 0 radical (unpaired) electrons.